The van der Waals surface area contributed by atoms with Crippen LogP contribution in [-0.4, -0.2) is 23.3 Å². The molecule has 0 saturated carbocycles. The second-order valence-corrected chi connectivity index (χ2v) is 11.1. The van der Waals surface area contributed by atoms with Gasteiger partial charge in [-0.15, -0.1) is 0 Å². The fraction of sp³-hybridized carbons (Fsp3) is 0.121. The zero-order chi connectivity index (χ0) is 28.3. The molecule has 0 aliphatic carbocycles. The fourth-order valence-corrected chi connectivity index (χ4v) is 6.38. The Balaban J connectivity index is 1.47. The molecule has 2 amide bonds. The minimum atomic E-state index is -1.69. The third-order valence-corrected chi connectivity index (χ3v) is 8.41. The molecule has 41 heavy (non-hydrogen) atoms. The summed E-state index contributed by atoms with van der Waals surface area (Å²) in [4.78, 5) is 46.4. The molecule has 0 N–H and O–H groups in total. The molecule has 1 aromatic heterocycles. The molecule has 6 nitrogen and oxygen atoms in total. The SMILES string of the molecule is O=C1c2oc3ccc(Cl)cc3c(=O)c2C2(C(=O)N(Cc3ccc(Cl)cc3)c3ccccc32)N1CCc1ccccc1. The van der Waals surface area contributed by atoms with Crippen molar-refractivity contribution in [2.45, 2.75) is 18.5 Å². The number of hydrogen-bond acceptors (Lipinski definition) is 4. The Morgan fingerprint density at radius 2 is 1.46 bits per heavy atom. The number of para-hydroxylation sites is 1. The standard InChI is InChI=1S/C33H22Cl2N2O4/c34-22-12-10-21(11-13-22)19-36-26-9-5-4-8-25(26)33(32(36)40)28-29(38)24-18-23(35)14-15-27(24)41-30(28)31(39)37(33)17-16-20-6-2-1-3-7-20/h1-15,18H,16-17,19H2. The molecule has 0 radical (unpaired) electrons. The average Bonchev–Trinajstić information content (AvgIpc) is 3.38. The first kappa shape index (κ1) is 25.6. The van der Waals surface area contributed by atoms with Gasteiger partial charge in [-0.1, -0.05) is 83.9 Å². The van der Waals surface area contributed by atoms with Crippen molar-refractivity contribution in [2.75, 3.05) is 11.4 Å². The molecule has 8 heteroatoms. The Labute approximate surface area is 245 Å². The highest BCUT2D eigenvalue weighted by Crippen LogP contribution is 2.53. The van der Waals surface area contributed by atoms with Crippen molar-refractivity contribution >= 4 is 51.7 Å². The summed E-state index contributed by atoms with van der Waals surface area (Å²) in [5, 5.41) is 1.16. The van der Waals surface area contributed by atoms with Gasteiger partial charge in [0, 0.05) is 22.2 Å². The highest BCUT2D eigenvalue weighted by atomic mass is 35.5. The molecule has 7 rings (SSSR count). The lowest BCUT2D eigenvalue weighted by molar-refractivity contribution is -0.126. The fourth-order valence-electron chi connectivity index (χ4n) is 6.08. The van der Waals surface area contributed by atoms with Crippen LogP contribution >= 0.6 is 23.2 Å². The zero-order valence-electron chi connectivity index (χ0n) is 21.6. The van der Waals surface area contributed by atoms with Crippen LogP contribution in [-0.2, 0) is 23.3 Å². The van der Waals surface area contributed by atoms with Crippen LogP contribution in [0.25, 0.3) is 11.0 Å². The average molecular weight is 581 g/mol. The molecule has 3 heterocycles. The first-order valence-electron chi connectivity index (χ1n) is 13.2. The summed E-state index contributed by atoms with van der Waals surface area (Å²) in [6, 6.07) is 29.0. The third-order valence-electron chi connectivity index (χ3n) is 7.92. The van der Waals surface area contributed by atoms with Crippen molar-refractivity contribution in [3.63, 3.8) is 0 Å². The number of carbonyl (C=O) groups is 2. The molecule has 1 atom stereocenters. The van der Waals surface area contributed by atoms with Crippen molar-refractivity contribution in [2.24, 2.45) is 0 Å². The maximum absolute atomic E-state index is 14.8. The van der Waals surface area contributed by atoms with Crippen LogP contribution in [0.15, 0.2) is 106 Å². The van der Waals surface area contributed by atoms with Gasteiger partial charge in [0.15, 0.2) is 11.0 Å². The summed E-state index contributed by atoms with van der Waals surface area (Å²) in [5.41, 5.74) is 1.17. The van der Waals surface area contributed by atoms with E-state index in [9.17, 15) is 14.4 Å². The van der Waals surface area contributed by atoms with Gasteiger partial charge in [0.05, 0.1) is 23.2 Å². The molecule has 0 fully saturated rings. The number of fused-ring (bicyclic) bond motifs is 5. The number of hydrogen-bond donors (Lipinski definition) is 0. The Bertz CT molecular complexity index is 1920. The smallest absolute Gasteiger partial charge is 0.291 e. The summed E-state index contributed by atoms with van der Waals surface area (Å²) in [6.45, 7) is 0.425. The van der Waals surface area contributed by atoms with Gasteiger partial charge in [0.25, 0.3) is 11.8 Å². The molecule has 0 bridgehead atoms. The summed E-state index contributed by atoms with van der Waals surface area (Å²) >= 11 is 12.4. The predicted octanol–water partition coefficient (Wildman–Crippen LogP) is 6.59. The molecular weight excluding hydrogens is 559 g/mol. The van der Waals surface area contributed by atoms with Crippen LogP contribution in [0.3, 0.4) is 0 Å². The third kappa shape index (κ3) is 3.82. The van der Waals surface area contributed by atoms with Gasteiger partial charge in [0.2, 0.25) is 5.76 Å². The van der Waals surface area contributed by atoms with Crippen molar-refractivity contribution in [1.82, 2.24) is 4.90 Å². The number of benzene rings is 4. The quantitative estimate of drug-likeness (QED) is 0.235. The van der Waals surface area contributed by atoms with Crippen LogP contribution in [0, 0.1) is 0 Å². The molecule has 1 unspecified atom stereocenters. The molecule has 202 valence electrons. The van der Waals surface area contributed by atoms with E-state index in [0.717, 1.165) is 11.1 Å². The zero-order valence-corrected chi connectivity index (χ0v) is 23.2. The molecule has 5 aromatic rings. The van der Waals surface area contributed by atoms with E-state index in [4.69, 9.17) is 27.6 Å². The van der Waals surface area contributed by atoms with Gasteiger partial charge in [-0.3, -0.25) is 14.4 Å². The molecule has 2 aliphatic rings. The lowest BCUT2D eigenvalue weighted by Crippen LogP contribution is -2.53. The maximum Gasteiger partial charge on any atom is 0.291 e. The maximum atomic E-state index is 14.8. The Morgan fingerprint density at radius 3 is 2.24 bits per heavy atom. The topological polar surface area (TPSA) is 70.8 Å². The van der Waals surface area contributed by atoms with E-state index >= 15 is 0 Å². The highest BCUT2D eigenvalue weighted by Gasteiger charge is 2.64. The van der Waals surface area contributed by atoms with E-state index in [1.807, 2.05) is 66.7 Å². The van der Waals surface area contributed by atoms with Crippen molar-refractivity contribution in [3.05, 3.63) is 145 Å². The van der Waals surface area contributed by atoms with Crippen molar-refractivity contribution in [1.29, 1.82) is 0 Å². The number of carbonyl (C=O) groups excluding carboxylic acids is 2. The number of amides is 2. The second kappa shape index (κ2) is 9.61. The highest BCUT2D eigenvalue weighted by molar-refractivity contribution is 6.31. The summed E-state index contributed by atoms with van der Waals surface area (Å²) in [6.07, 6.45) is 0.481. The predicted molar refractivity (Wildman–Crippen MR) is 159 cm³/mol. The van der Waals surface area contributed by atoms with E-state index in [1.54, 1.807) is 29.2 Å². The largest absolute Gasteiger partial charge is 0.450 e. The van der Waals surface area contributed by atoms with E-state index < -0.39 is 16.9 Å². The lowest BCUT2D eigenvalue weighted by Gasteiger charge is -2.34. The van der Waals surface area contributed by atoms with Crippen molar-refractivity contribution in [3.8, 4) is 0 Å². The van der Waals surface area contributed by atoms with Crippen LogP contribution < -0.4 is 10.3 Å². The van der Waals surface area contributed by atoms with Gasteiger partial charge >= 0.3 is 0 Å². The molecule has 4 aromatic carbocycles. The van der Waals surface area contributed by atoms with Crippen LogP contribution in [0.5, 0.6) is 0 Å². The van der Waals surface area contributed by atoms with E-state index in [1.165, 1.54) is 11.0 Å². The van der Waals surface area contributed by atoms with E-state index in [2.05, 4.69) is 0 Å². The van der Waals surface area contributed by atoms with Crippen LogP contribution in [0.1, 0.15) is 32.8 Å². The van der Waals surface area contributed by atoms with Gasteiger partial charge in [-0.05, 0) is 53.9 Å². The first-order valence-corrected chi connectivity index (χ1v) is 13.9. The normalized spacial score (nSPS) is 17.5. The minimum absolute atomic E-state index is 0.0291. The second-order valence-electron chi connectivity index (χ2n) is 10.2. The molecular formula is C33H22Cl2N2O4. The monoisotopic (exact) mass is 580 g/mol. The summed E-state index contributed by atoms with van der Waals surface area (Å²) < 4.78 is 6.12. The number of halogens is 2. The van der Waals surface area contributed by atoms with Gasteiger partial charge < -0.3 is 14.2 Å². The Morgan fingerprint density at radius 1 is 0.756 bits per heavy atom. The lowest BCUT2D eigenvalue weighted by atomic mass is 9.83. The Hall–Kier alpha value is -4.39. The molecule has 2 aliphatic heterocycles. The number of nitrogens with zero attached hydrogens (tertiary/aromatic N) is 2. The summed E-state index contributed by atoms with van der Waals surface area (Å²) in [5.74, 6) is -1.00. The number of anilines is 1. The van der Waals surface area contributed by atoms with Gasteiger partial charge in [0.1, 0.15) is 5.58 Å². The van der Waals surface area contributed by atoms with Crippen LogP contribution in [0.4, 0.5) is 5.69 Å². The van der Waals surface area contributed by atoms with Gasteiger partial charge in [-0.25, -0.2) is 0 Å². The first-order chi connectivity index (χ1) is 19.9. The minimum Gasteiger partial charge on any atom is -0.450 e. The number of rotatable bonds is 5. The van der Waals surface area contributed by atoms with Gasteiger partial charge in [-0.2, -0.15) is 0 Å². The van der Waals surface area contributed by atoms with Crippen LogP contribution in [0.2, 0.25) is 10.0 Å². The molecule has 0 saturated heterocycles. The van der Waals surface area contributed by atoms with E-state index in [0.29, 0.717) is 27.7 Å². The Kier molecular flexibility index (Phi) is 6.00. The van der Waals surface area contributed by atoms with E-state index in [-0.39, 0.29) is 41.3 Å². The van der Waals surface area contributed by atoms with Crippen molar-refractivity contribution < 1.29 is 14.0 Å². The molecule has 1 spiro atoms. The summed E-state index contributed by atoms with van der Waals surface area (Å²) in [7, 11) is 0.